The van der Waals surface area contributed by atoms with Gasteiger partial charge in [-0.1, -0.05) is 23.8 Å². The van der Waals surface area contributed by atoms with Crippen molar-refractivity contribution in [3.8, 4) is 0 Å². The minimum Gasteiger partial charge on any atom is -0.0840 e. The quantitative estimate of drug-likeness (QED) is 0.544. The molecule has 0 aromatic carbocycles. The zero-order valence-corrected chi connectivity index (χ0v) is 6.34. The van der Waals surface area contributed by atoms with Crippen LogP contribution in [0.4, 0.5) is 0 Å². The zero-order valence-electron chi connectivity index (χ0n) is 6.34. The van der Waals surface area contributed by atoms with Crippen molar-refractivity contribution in [2.45, 2.75) is 32.1 Å². The second-order valence-corrected chi connectivity index (χ2v) is 3.41. The summed E-state index contributed by atoms with van der Waals surface area (Å²) in [5, 5.41) is 0. The van der Waals surface area contributed by atoms with Crippen LogP contribution >= 0.6 is 0 Å². The summed E-state index contributed by atoms with van der Waals surface area (Å²) in [5.74, 6) is 1.05. The van der Waals surface area contributed by atoms with Crippen molar-refractivity contribution in [3.63, 3.8) is 0 Å². The van der Waals surface area contributed by atoms with Gasteiger partial charge in [0, 0.05) is 0 Å². The SMILES string of the molecule is C1=CC(CC2CC2)=CCC1. The number of allylic oxidation sites excluding steroid dienone is 4. The highest BCUT2D eigenvalue weighted by molar-refractivity contribution is 5.23. The fraction of sp³-hybridized carbons (Fsp3) is 0.600. The fourth-order valence-electron chi connectivity index (χ4n) is 1.47. The topological polar surface area (TPSA) is 0 Å². The number of rotatable bonds is 2. The lowest BCUT2D eigenvalue weighted by molar-refractivity contribution is 0.820. The molecule has 0 aliphatic heterocycles. The zero-order chi connectivity index (χ0) is 6.81. The van der Waals surface area contributed by atoms with Gasteiger partial charge in [-0.25, -0.2) is 0 Å². The van der Waals surface area contributed by atoms with Gasteiger partial charge < -0.3 is 0 Å². The van der Waals surface area contributed by atoms with E-state index in [1.54, 1.807) is 5.57 Å². The van der Waals surface area contributed by atoms with Crippen molar-refractivity contribution in [1.29, 1.82) is 0 Å². The predicted octanol–water partition coefficient (Wildman–Crippen LogP) is 3.06. The molecule has 1 saturated carbocycles. The molecule has 0 heterocycles. The second-order valence-electron chi connectivity index (χ2n) is 3.41. The first kappa shape index (κ1) is 6.21. The molecule has 0 atom stereocenters. The molecule has 0 saturated heterocycles. The van der Waals surface area contributed by atoms with E-state index in [4.69, 9.17) is 0 Å². The normalized spacial score (nSPS) is 24.6. The Hall–Kier alpha value is -0.520. The van der Waals surface area contributed by atoms with Gasteiger partial charge >= 0.3 is 0 Å². The average Bonchev–Trinajstić information content (AvgIpc) is 2.74. The molecule has 0 heteroatoms. The largest absolute Gasteiger partial charge is 0.0840 e. The smallest absolute Gasteiger partial charge is 0.0254 e. The molecule has 0 unspecified atom stereocenters. The summed E-state index contributed by atoms with van der Waals surface area (Å²) in [5.41, 5.74) is 1.59. The molecule has 0 radical (unpaired) electrons. The third-order valence-electron chi connectivity index (χ3n) is 2.29. The lowest BCUT2D eigenvalue weighted by Gasteiger charge is -2.04. The van der Waals surface area contributed by atoms with Crippen LogP contribution in [-0.2, 0) is 0 Å². The van der Waals surface area contributed by atoms with Crippen LogP contribution in [0.25, 0.3) is 0 Å². The van der Waals surface area contributed by atoms with E-state index in [1.807, 2.05) is 0 Å². The van der Waals surface area contributed by atoms with Crippen molar-refractivity contribution in [3.05, 3.63) is 23.8 Å². The van der Waals surface area contributed by atoms with Crippen molar-refractivity contribution < 1.29 is 0 Å². The maximum atomic E-state index is 2.40. The van der Waals surface area contributed by atoms with Crippen molar-refractivity contribution in [2.24, 2.45) is 5.92 Å². The molecule has 0 spiro atoms. The van der Waals surface area contributed by atoms with Crippen LogP contribution in [0.3, 0.4) is 0 Å². The summed E-state index contributed by atoms with van der Waals surface area (Å²) in [6.45, 7) is 0. The molecule has 2 aliphatic carbocycles. The van der Waals surface area contributed by atoms with Gasteiger partial charge in [-0.2, -0.15) is 0 Å². The Morgan fingerprint density at radius 2 is 2.20 bits per heavy atom. The molecule has 2 rings (SSSR count). The van der Waals surface area contributed by atoms with Gasteiger partial charge in [0.15, 0.2) is 0 Å². The molecule has 2 aliphatic rings. The van der Waals surface area contributed by atoms with Crippen LogP contribution in [0.5, 0.6) is 0 Å². The van der Waals surface area contributed by atoms with E-state index in [1.165, 1.54) is 32.1 Å². The Labute approximate surface area is 62.6 Å². The molecule has 54 valence electrons. The molecular weight excluding hydrogens is 120 g/mol. The summed E-state index contributed by atoms with van der Waals surface area (Å²) < 4.78 is 0. The summed E-state index contributed by atoms with van der Waals surface area (Å²) in [6, 6.07) is 0. The molecule has 0 nitrogen and oxygen atoms in total. The molecule has 0 bridgehead atoms. The van der Waals surface area contributed by atoms with Gasteiger partial charge in [-0.15, -0.1) is 0 Å². The van der Waals surface area contributed by atoms with Gasteiger partial charge in [0.25, 0.3) is 0 Å². The Kier molecular flexibility index (Phi) is 1.62. The van der Waals surface area contributed by atoms with E-state index < -0.39 is 0 Å². The molecule has 10 heavy (non-hydrogen) atoms. The average molecular weight is 134 g/mol. The third-order valence-corrected chi connectivity index (χ3v) is 2.29. The first-order valence-electron chi connectivity index (χ1n) is 4.31. The van der Waals surface area contributed by atoms with E-state index >= 15 is 0 Å². The Morgan fingerprint density at radius 1 is 1.30 bits per heavy atom. The highest BCUT2D eigenvalue weighted by Gasteiger charge is 2.21. The first-order valence-corrected chi connectivity index (χ1v) is 4.31. The molecule has 0 N–H and O–H groups in total. The van der Waals surface area contributed by atoms with E-state index in [0.717, 1.165) is 5.92 Å². The molecule has 1 fully saturated rings. The lowest BCUT2D eigenvalue weighted by Crippen LogP contribution is -1.85. The van der Waals surface area contributed by atoms with Gasteiger partial charge in [-0.05, 0) is 38.0 Å². The monoisotopic (exact) mass is 134 g/mol. The van der Waals surface area contributed by atoms with Crippen LogP contribution < -0.4 is 0 Å². The van der Waals surface area contributed by atoms with Gasteiger partial charge in [0.05, 0.1) is 0 Å². The van der Waals surface area contributed by atoms with E-state index in [9.17, 15) is 0 Å². The first-order chi connectivity index (χ1) is 4.95. The van der Waals surface area contributed by atoms with Gasteiger partial charge in [0.2, 0.25) is 0 Å². The second kappa shape index (κ2) is 2.61. The Bertz CT molecular complexity index is 170. The molecule has 0 aromatic rings. The standard InChI is InChI=1S/C10H14/c1-2-4-9(5-3-1)8-10-6-7-10/h2,4-5,10H,1,3,6-8H2. The minimum absolute atomic E-state index is 1.05. The minimum atomic E-state index is 1.05. The van der Waals surface area contributed by atoms with E-state index in [-0.39, 0.29) is 0 Å². The maximum absolute atomic E-state index is 2.40. The highest BCUT2D eigenvalue weighted by atomic mass is 14.3. The molecule has 0 amide bonds. The van der Waals surface area contributed by atoms with Crippen LogP contribution in [-0.4, -0.2) is 0 Å². The van der Waals surface area contributed by atoms with E-state index in [0.29, 0.717) is 0 Å². The summed E-state index contributed by atoms with van der Waals surface area (Å²) in [6.07, 6.45) is 13.9. The van der Waals surface area contributed by atoms with Crippen LogP contribution in [0, 0.1) is 5.92 Å². The number of hydrogen-bond donors (Lipinski definition) is 0. The Morgan fingerprint density at radius 3 is 2.80 bits per heavy atom. The van der Waals surface area contributed by atoms with Crippen molar-refractivity contribution in [1.82, 2.24) is 0 Å². The Balaban J connectivity index is 1.89. The fourth-order valence-corrected chi connectivity index (χ4v) is 1.47. The summed E-state index contributed by atoms with van der Waals surface area (Å²) in [4.78, 5) is 0. The lowest BCUT2D eigenvalue weighted by atomic mass is 10.0. The highest BCUT2D eigenvalue weighted by Crippen LogP contribution is 2.36. The van der Waals surface area contributed by atoms with Crippen LogP contribution in [0.15, 0.2) is 23.8 Å². The molecular formula is C10H14. The predicted molar refractivity (Wildman–Crippen MR) is 43.8 cm³/mol. The summed E-state index contributed by atoms with van der Waals surface area (Å²) >= 11 is 0. The van der Waals surface area contributed by atoms with Crippen molar-refractivity contribution in [2.75, 3.05) is 0 Å². The maximum Gasteiger partial charge on any atom is -0.0254 e. The van der Waals surface area contributed by atoms with Crippen LogP contribution in [0.2, 0.25) is 0 Å². The van der Waals surface area contributed by atoms with Crippen molar-refractivity contribution >= 4 is 0 Å². The third kappa shape index (κ3) is 1.50. The number of hydrogen-bond acceptors (Lipinski definition) is 0. The summed E-state index contributed by atoms with van der Waals surface area (Å²) in [7, 11) is 0. The van der Waals surface area contributed by atoms with E-state index in [2.05, 4.69) is 18.2 Å². The van der Waals surface area contributed by atoms with Gasteiger partial charge in [0.1, 0.15) is 0 Å². The van der Waals surface area contributed by atoms with Gasteiger partial charge in [-0.3, -0.25) is 0 Å². The molecule has 0 aromatic heterocycles. The van der Waals surface area contributed by atoms with Crippen LogP contribution in [0.1, 0.15) is 32.1 Å².